The summed E-state index contributed by atoms with van der Waals surface area (Å²) in [5, 5.41) is 8.51. The van der Waals surface area contributed by atoms with Crippen molar-refractivity contribution >= 4 is 11.8 Å². The number of furan rings is 1. The lowest BCUT2D eigenvalue weighted by molar-refractivity contribution is -0.148. The molecule has 2 rings (SSSR count). The minimum atomic E-state index is -1.44. The minimum Gasteiger partial charge on any atom is -0.475 e. The zero-order valence-corrected chi connectivity index (χ0v) is 9.84. The van der Waals surface area contributed by atoms with Gasteiger partial charge in [0.05, 0.1) is 6.42 Å². The second-order valence-corrected chi connectivity index (χ2v) is 4.04. The van der Waals surface area contributed by atoms with E-state index in [0.717, 1.165) is 11.1 Å². The molecule has 18 heavy (non-hydrogen) atoms. The highest BCUT2D eigenvalue weighted by Crippen LogP contribution is 2.22. The third kappa shape index (κ3) is 2.66. The summed E-state index contributed by atoms with van der Waals surface area (Å²) in [6.45, 7) is 1.99. The van der Waals surface area contributed by atoms with Gasteiger partial charge in [-0.05, 0) is 19.1 Å². The van der Waals surface area contributed by atoms with Gasteiger partial charge in [0.2, 0.25) is 5.78 Å². The van der Waals surface area contributed by atoms with Gasteiger partial charge in [-0.2, -0.15) is 0 Å². The molecule has 1 N–H and O–H groups in total. The van der Waals surface area contributed by atoms with Gasteiger partial charge < -0.3 is 9.52 Å². The van der Waals surface area contributed by atoms with Gasteiger partial charge >= 0.3 is 5.97 Å². The molecule has 0 atom stereocenters. The number of carbonyl (C=O) groups excluding carboxylic acids is 1. The van der Waals surface area contributed by atoms with Crippen molar-refractivity contribution in [3.8, 4) is 11.3 Å². The monoisotopic (exact) mass is 244 g/mol. The van der Waals surface area contributed by atoms with Gasteiger partial charge in [0.25, 0.3) is 0 Å². The van der Waals surface area contributed by atoms with Crippen molar-refractivity contribution in [1.82, 2.24) is 0 Å². The average molecular weight is 244 g/mol. The van der Waals surface area contributed by atoms with Gasteiger partial charge in [0.1, 0.15) is 11.5 Å². The van der Waals surface area contributed by atoms with Crippen LogP contribution < -0.4 is 0 Å². The molecule has 0 aliphatic heterocycles. The Kier molecular flexibility index (Phi) is 3.28. The predicted octanol–water partition coefficient (Wildman–Crippen LogP) is 2.45. The van der Waals surface area contributed by atoms with Gasteiger partial charge in [0.15, 0.2) is 0 Å². The first kappa shape index (κ1) is 12.1. The highest BCUT2D eigenvalue weighted by molar-refractivity contribution is 6.33. The molecule has 1 heterocycles. The van der Waals surface area contributed by atoms with Crippen molar-refractivity contribution in [3.05, 3.63) is 47.7 Å². The van der Waals surface area contributed by atoms with Gasteiger partial charge in [-0.1, -0.05) is 29.8 Å². The average Bonchev–Trinajstić information content (AvgIpc) is 2.78. The number of carboxylic acids is 1. The van der Waals surface area contributed by atoms with Crippen LogP contribution >= 0.6 is 0 Å². The molecule has 2 aromatic rings. The summed E-state index contributed by atoms with van der Waals surface area (Å²) in [4.78, 5) is 21.5. The van der Waals surface area contributed by atoms with Gasteiger partial charge in [0, 0.05) is 5.56 Å². The largest absolute Gasteiger partial charge is 0.475 e. The number of hydrogen-bond acceptors (Lipinski definition) is 3. The van der Waals surface area contributed by atoms with Crippen molar-refractivity contribution in [2.24, 2.45) is 0 Å². The molecule has 0 radical (unpaired) electrons. The van der Waals surface area contributed by atoms with Crippen LogP contribution in [0.15, 0.2) is 40.8 Å². The molecule has 1 aromatic carbocycles. The highest BCUT2D eigenvalue weighted by atomic mass is 16.4. The van der Waals surface area contributed by atoms with E-state index in [1.54, 1.807) is 12.1 Å². The van der Waals surface area contributed by atoms with Crippen molar-refractivity contribution in [3.63, 3.8) is 0 Å². The standard InChI is InChI=1S/C14H12O4/c1-9-2-4-10(5-3-9)13-7-6-11(18-13)8-12(15)14(16)17/h2-7H,8H2,1H3,(H,16,17). The van der Waals surface area contributed by atoms with Crippen molar-refractivity contribution in [2.45, 2.75) is 13.3 Å². The Morgan fingerprint density at radius 1 is 1.11 bits per heavy atom. The van der Waals surface area contributed by atoms with Crippen LogP contribution in [0.1, 0.15) is 11.3 Å². The first-order valence-corrected chi connectivity index (χ1v) is 5.48. The molecule has 0 aliphatic rings. The van der Waals surface area contributed by atoms with Crippen LogP contribution in [-0.4, -0.2) is 16.9 Å². The molecule has 0 amide bonds. The molecule has 1 aromatic heterocycles. The lowest BCUT2D eigenvalue weighted by Crippen LogP contribution is -2.14. The first-order valence-electron chi connectivity index (χ1n) is 5.48. The van der Waals surface area contributed by atoms with Crippen molar-refractivity contribution in [1.29, 1.82) is 0 Å². The number of aliphatic carboxylic acids is 1. The Balaban J connectivity index is 2.18. The fourth-order valence-electron chi connectivity index (χ4n) is 1.58. The maximum absolute atomic E-state index is 11.0. The summed E-state index contributed by atoms with van der Waals surface area (Å²) >= 11 is 0. The van der Waals surface area contributed by atoms with Gasteiger partial charge in [-0.3, -0.25) is 4.79 Å². The molecular formula is C14H12O4. The van der Waals surface area contributed by atoms with E-state index < -0.39 is 11.8 Å². The Morgan fingerprint density at radius 3 is 2.39 bits per heavy atom. The lowest BCUT2D eigenvalue weighted by atomic mass is 10.1. The van der Waals surface area contributed by atoms with Crippen LogP contribution in [0.3, 0.4) is 0 Å². The van der Waals surface area contributed by atoms with E-state index in [1.807, 2.05) is 31.2 Å². The number of rotatable bonds is 4. The molecule has 0 unspecified atom stereocenters. The van der Waals surface area contributed by atoms with Gasteiger partial charge in [-0.15, -0.1) is 0 Å². The zero-order chi connectivity index (χ0) is 13.1. The van der Waals surface area contributed by atoms with Crippen LogP contribution in [0.5, 0.6) is 0 Å². The summed E-state index contributed by atoms with van der Waals surface area (Å²) in [6.07, 6.45) is -0.221. The van der Waals surface area contributed by atoms with Crippen LogP contribution in [0.25, 0.3) is 11.3 Å². The second-order valence-electron chi connectivity index (χ2n) is 4.04. The number of benzene rings is 1. The van der Waals surface area contributed by atoms with E-state index in [2.05, 4.69) is 0 Å². The zero-order valence-electron chi connectivity index (χ0n) is 9.84. The molecule has 0 aliphatic carbocycles. The molecule has 0 saturated heterocycles. The molecule has 4 nitrogen and oxygen atoms in total. The van der Waals surface area contributed by atoms with Crippen LogP contribution in [0.2, 0.25) is 0 Å². The smallest absolute Gasteiger partial charge is 0.372 e. The topological polar surface area (TPSA) is 67.5 Å². The normalized spacial score (nSPS) is 10.3. The minimum absolute atomic E-state index is 0.221. The highest BCUT2D eigenvalue weighted by Gasteiger charge is 2.15. The second kappa shape index (κ2) is 4.87. The maximum Gasteiger partial charge on any atom is 0.372 e. The number of Topliss-reactive ketones (excluding diaryl/α,β-unsaturated/α-hetero) is 1. The number of hydrogen-bond donors (Lipinski definition) is 1. The number of aryl methyl sites for hydroxylation is 1. The third-order valence-electron chi connectivity index (χ3n) is 2.57. The van der Waals surface area contributed by atoms with E-state index in [4.69, 9.17) is 9.52 Å². The fourth-order valence-corrected chi connectivity index (χ4v) is 1.58. The van der Waals surface area contributed by atoms with Gasteiger partial charge in [-0.25, -0.2) is 4.79 Å². The Labute approximate surface area is 104 Å². The molecular weight excluding hydrogens is 232 g/mol. The lowest BCUT2D eigenvalue weighted by Gasteiger charge is -1.98. The summed E-state index contributed by atoms with van der Waals surface area (Å²) < 4.78 is 5.45. The number of carboxylic acid groups (broad SMARTS) is 1. The molecule has 92 valence electrons. The Hall–Kier alpha value is -2.36. The van der Waals surface area contributed by atoms with Crippen LogP contribution in [0, 0.1) is 6.92 Å². The summed E-state index contributed by atoms with van der Waals surface area (Å²) in [5.41, 5.74) is 2.04. The number of ketones is 1. The predicted molar refractivity (Wildman–Crippen MR) is 65.2 cm³/mol. The quantitative estimate of drug-likeness (QED) is 0.839. The van der Waals surface area contributed by atoms with E-state index >= 15 is 0 Å². The molecule has 4 heteroatoms. The molecule has 0 spiro atoms. The maximum atomic E-state index is 11.0. The van der Waals surface area contributed by atoms with E-state index in [9.17, 15) is 9.59 Å². The third-order valence-corrected chi connectivity index (χ3v) is 2.57. The van der Waals surface area contributed by atoms with E-state index in [0.29, 0.717) is 11.5 Å². The van der Waals surface area contributed by atoms with Crippen LogP contribution in [-0.2, 0) is 16.0 Å². The van der Waals surface area contributed by atoms with E-state index in [1.165, 1.54) is 0 Å². The molecule has 0 bridgehead atoms. The summed E-state index contributed by atoms with van der Waals surface area (Å²) in [6, 6.07) is 11.1. The van der Waals surface area contributed by atoms with Crippen molar-refractivity contribution in [2.75, 3.05) is 0 Å². The first-order chi connectivity index (χ1) is 8.56. The summed E-state index contributed by atoms with van der Waals surface area (Å²) in [7, 11) is 0. The summed E-state index contributed by atoms with van der Waals surface area (Å²) in [5.74, 6) is -1.33. The number of carbonyl (C=O) groups is 2. The Morgan fingerprint density at radius 2 is 1.78 bits per heavy atom. The van der Waals surface area contributed by atoms with Crippen molar-refractivity contribution < 1.29 is 19.1 Å². The molecule has 0 saturated carbocycles. The SMILES string of the molecule is Cc1ccc(-c2ccc(CC(=O)C(=O)O)o2)cc1. The van der Waals surface area contributed by atoms with E-state index in [-0.39, 0.29) is 6.42 Å². The molecule has 0 fully saturated rings. The fraction of sp³-hybridized carbons (Fsp3) is 0.143. The Bertz CT molecular complexity index is 578. The van der Waals surface area contributed by atoms with Crippen LogP contribution in [0.4, 0.5) is 0 Å².